The molecule has 0 saturated heterocycles. The highest BCUT2D eigenvalue weighted by atomic mass is 32.2. The minimum Gasteiger partial charge on any atom is -0.501 e. The highest BCUT2D eigenvalue weighted by Gasteiger charge is 2.51. The number of ketones is 1. The summed E-state index contributed by atoms with van der Waals surface area (Å²) in [5.74, 6) is -4.67. The van der Waals surface area contributed by atoms with Gasteiger partial charge in [0.15, 0.2) is 0 Å². The van der Waals surface area contributed by atoms with E-state index in [0.29, 0.717) is 4.31 Å². The molecule has 1 atom stereocenters. The second-order valence-electron chi connectivity index (χ2n) is 5.11. The van der Waals surface area contributed by atoms with Gasteiger partial charge in [0.25, 0.3) is 11.7 Å². The molecule has 1 unspecified atom stereocenters. The Balaban J connectivity index is 2.52. The Kier molecular flexibility index (Phi) is 4.10. The summed E-state index contributed by atoms with van der Waals surface area (Å²) in [7, 11) is -2.73. The number of Topliss-reactive ketones (excluding diaryl/α,β-unsaturated/α-hetero) is 1. The van der Waals surface area contributed by atoms with E-state index in [0.717, 1.165) is 32.2 Å². The number of hydrogen-bond acceptors (Lipinski definition) is 5. The van der Waals surface area contributed by atoms with Crippen molar-refractivity contribution in [2.24, 2.45) is 0 Å². The second kappa shape index (κ2) is 5.48. The largest absolute Gasteiger partial charge is 0.501 e. The average molecular weight is 347 g/mol. The van der Waals surface area contributed by atoms with Crippen LogP contribution in [0.25, 0.3) is 0 Å². The predicted octanol–water partition coefficient (Wildman–Crippen LogP) is 1.79. The molecule has 2 rings (SSSR count). The van der Waals surface area contributed by atoms with Crippen LogP contribution in [0.4, 0.5) is 8.78 Å². The Morgan fingerprint density at radius 3 is 2.52 bits per heavy atom. The molecular weight excluding hydrogens is 332 g/mol. The average Bonchev–Trinajstić information content (AvgIpc) is 2.74. The van der Waals surface area contributed by atoms with E-state index in [4.69, 9.17) is 4.74 Å². The number of rotatable bonds is 4. The van der Waals surface area contributed by atoms with Gasteiger partial charge in [0.2, 0.25) is 21.4 Å². The zero-order valence-electron chi connectivity index (χ0n) is 12.6. The molecule has 1 N–H and O–H groups in total. The number of ether oxygens (including phenoxy) is 1. The smallest absolute Gasteiger partial charge is 0.251 e. The third kappa shape index (κ3) is 2.65. The summed E-state index contributed by atoms with van der Waals surface area (Å²) in [5, 5.41) is 9.93. The lowest BCUT2D eigenvalue weighted by molar-refractivity contribution is -0.132. The fourth-order valence-electron chi connectivity index (χ4n) is 2.18. The molecule has 23 heavy (non-hydrogen) atoms. The molecule has 1 aromatic rings. The predicted molar refractivity (Wildman–Crippen MR) is 76.7 cm³/mol. The summed E-state index contributed by atoms with van der Waals surface area (Å²) in [5.41, 5.74) is -2.50. The maximum absolute atomic E-state index is 14.0. The van der Waals surface area contributed by atoms with Crippen molar-refractivity contribution in [2.45, 2.75) is 19.4 Å². The summed E-state index contributed by atoms with van der Waals surface area (Å²) in [4.78, 5) is 12.3. The Hall–Kier alpha value is -2.16. The number of hydrogen-bond donors (Lipinski definition) is 1. The van der Waals surface area contributed by atoms with Gasteiger partial charge in [-0.25, -0.2) is 21.5 Å². The quantitative estimate of drug-likeness (QED) is 0.898. The van der Waals surface area contributed by atoms with Crippen molar-refractivity contribution in [2.75, 3.05) is 12.8 Å². The first-order valence-electron chi connectivity index (χ1n) is 6.63. The summed E-state index contributed by atoms with van der Waals surface area (Å²) in [6.07, 6.45) is 0. The van der Waals surface area contributed by atoms with Crippen LogP contribution in [-0.2, 0) is 25.2 Å². The van der Waals surface area contributed by atoms with Gasteiger partial charge in [-0.15, -0.1) is 0 Å². The molecule has 1 aliphatic rings. The zero-order chi connectivity index (χ0) is 17.6. The SMILES string of the molecule is CCS(=O)(=O)N(C)C1=C(O)C(=O)C(C)(c2cc(F)ccc2F)O1. The minimum absolute atomic E-state index is 0.303. The highest BCUT2D eigenvalue weighted by Crippen LogP contribution is 2.40. The topological polar surface area (TPSA) is 83.9 Å². The Morgan fingerprint density at radius 1 is 1.35 bits per heavy atom. The number of aliphatic hydroxyl groups is 1. The van der Waals surface area contributed by atoms with E-state index in [9.17, 15) is 27.1 Å². The summed E-state index contributed by atoms with van der Waals surface area (Å²) in [6.45, 7) is 2.49. The number of carbonyl (C=O) groups is 1. The van der Waals surface area contributed by atoms with Crippen molar-refractivity contribution < 1.29 is 31.8 Å². The van der Waals surface area contributed by atoms with Crippen LogP contribution in [-0.4, -0.2) is 36.4 Å². The van der Waals surface area contributed by atoms with Crippen molar-refractivity contribution in [3.05, 3.63) is 47.0 Å². The fraction of sp³-hybridized carbons (Fsp3) is 0.357. The number of carbonyl (C=O) groups excluding carboxylic acids is 1. The van der Waals surface area contributed by atoms with Gasteiger partial charge in [0, 0.05) is 12.6 Å². The first-order chi connectivity index (χ1) is 10.5. The first-order valence-corrected chi connectivity index (χ1v) is 8.24. The Morgan fingerprint density at radius 2 is 1.96 bits per heavy atom. The molecule has 0 bridgehead atoms. The van der Waals surface area contributed by atoms with E-state index in [2.05, 4.69) is 0 Å². The van der Waals surface area contributed by atoms with Gasteiger partial charge < -0.3 is 9.84 Å². The third-order valence-electron chi connectivity index (χ3n) is 3.66. The number of sulfonamides is 1. The second-order valence-corrected chi connectivity index (χ2v) is 7.40. The normalized spacial score (nSPS) is 21.5. The first kappa shape index (κ1) is 17.2. The molecule has 1 aliphatic heterocycles. The van der Waals surface area contributed by atoms with Crippen LogP contribution in [0.1, 0.15) is 19.4 Å². The van der Waals surface area contributed by atoms with Crippen LogP contribution in [0.15, 0.2) is 29.8 Å². The van der Waals surface area contributed by atoms with Crippen LogP contribution in [0.3, 0.4) is 0 Å². The molecule has 0 radical (unpaired) electrons. The summed E-state index contributed by atoms with van der Waals surface area (Å²) >= 11 is 0. The van der Waals surface area contributed by atoms with Gasteiger partial charge in [-0.1, -0.05) is 0 Å². The molecule has 0 fully saturated rings. The number of aliphatic hydroxyl groups excluding tert-OH is 1. The van der Waals surface area contributed by atoms with E-state index in [1.807, 2.05) is 0 Å². The molecule has 1 aromatic carbocycles. The summed E-state index contributed by atoms with van der Waals surface area (Å²) in [6, 6.07) is 2.44. The van der Waals surface area contributed by atoms with Crippen LogP contribution in [0.5, 0.6) is 0 Å². The van der Waals surface area contributed by atoms with Crippen LogP contribution < -0.4 is 0 Å². The molecule has 126 valence electrons. The van der Waals surface area contributed by atoms with Gasteiger partial charge in [-0.2, -0.15) is 0 Å². The van der Waals surface area contributed by atoms with Gasteiger partial charge in [0.1, 0.15) is 11.6 Å². The maximum Gasteiger partial charge on any atom is 0.251 e. The van der Waals surface area contributed by atoms with Crippen LogP contribution in [0.2, 0.25) is 0 Å². The Bertz CT molecular complexity index is 805. The molecule has 0 aromatic heterocycles. The van der Waals surface area contributed by atoms with E-state index in [-0.39, 0.29) is 5.75 Å². The van der Waals surface area contributed by atoms with E-state index >= 15 is 0 Å². The van der Waals surface area contributed by atoms with Crippen molar-refractivity contribution >= 4 is 15.8 Å². The van der Waals surface area contributed by atoms with Gasteiger partial charge in [0.05, 0.1) is 5.75 Å². The minimum atomic E-state index is -3.82. The molecule has 9 heteroatoms. The third-order valence-corrected chi connectivity index (χ3v) is 5.39. The monoisotopic (exact) mass is 347 g/mol. The fourth-order valence-corrected chi connectivity index (χ4v) is 2.95. The van der Waals surface area contributed by atoms with E-state index in [1.54, 1.807) is 0 Å². The molecule has 0 spiro atoms. The van der Waals surface area contributed by atoms with Crippen LogP contribution in [0, 0.1) is 11.6 Å². The molecule has 6 nitrogen and oxygen atoms in total. The lowest BCUT2D eigenvalue weighted by atomic mass is 9.91. The van der Waals surface area contributed by atoms with Gasteiger partial charge in [-0.3, -0.25) is 4.79 Å². The standard InChI is InChI=1S/C14H15F2NO5S/c1-4-23(20,21)17(3)13-11(18)12(19)14(2,22-13)9-7-8(15)5-6-10(9)16/h5-7,18H,4H2,1-3H3. The maximum atomic E-state index is 14.0. The van der Waals surface area contributed by atoms with Gasteiger partial charge >= 0.3 is 0 Å². The number of benzene rings is 1. The molecule has 0 aliphatic carbocycles. The molecule has 0 saturated carbocycles. The van der Waals surface area contributed by atoms with Crippen molar-refractivity contribution in [1.29, 1.82) is 0 Å². The number of halogens is 2. The van der Waals surface area contributed by atoms with Crippen molar-refractivity contribution in [3.8, 4) is 0 Å². The van der Waals surface area contributed by atoms with E-state index in [1.165, 1.54) is 6.92 Å². The Labute approximate surface area is 132 Å². The lowest BCUT2D eigenvalue weighted by Gasteiger charge is -2.26. The zero-order valence-corrected chi connectivity index (χ0v) is 13.4. The lowest BCUT2D eigenvalue weighted by Crippen LogP contribution is -2.34. The van der Waals surface area contributed by atoms with Gasteiger partial charge in [-0.05, 0) is 32.0 Å². The van der Waals surface area contributed by atoms with Crippen molar-refractivity contribution in [3.63, 3.8) is 0 Å². The van der Waals surface area contributed by atoms with Crippen LogP contribution >= 0.6 is 0 Å². The molecule has 0 amide bonds. The van der Waals surface area contributed by atoms with Crippen molar-refractivity contribution in [1.82, 2.24) is 4.31 Å². The molecule has 1 heterocycles. The van der Waals surface area contributed by atoms with E-state index < -0.39 is 50.2 Å². The molecular formula is C14H15F2NO5S. The summed E-state index contributed by atoms with van der Waals surface area (Å²) < 4.78 is 56.9. The highest BCUT2D eigenvalue weighted by molar-refractivity contribution is 7.89. The number of nitrogens with zero attached hydrogens (tertiary/aromatic N) is 1.